The second kappa shape index (κ2) is 5.97. The number of halogens is 3. The summed E-state index contributed by atoms with van der Waals surface area (Å²) >= 11 is 5.18. The van der Waals surface area contributed by atoms with E-state index in [4.69, 9.17) is 0 Å². The third-order valence-corrected chi connectivity index (χ3v) is 5.40. The Labute approximate surface area is 119 Å². The summed E-state index contributed by atoms with van der Waals surface area (Å²) in [4.78, 5) is 1.30. The predicted octanol–water partition coefficient (Wildman–Crippen LogP) is 4.47. The molecule has 1 heterocycles. The standard InChI is InChI=1S/C13H18BrF2NS/c1-17-11(8-10-2-3-12(14)18-10)9-4-6-13(15,16)7-5-9/h2-3,9,11,17H,4-8H2,1H3. The van der Waals surface area contributed by atoms with E-state index >= 15 is 0 Å². The van der Waals surface area contributed by atoms with Crippen LogP contribution in [0.4, 0.5) is 8.78 Å². The van der Waals surface area contributed by atoms with Crippen LogP contribution in [0.5, 0.6) is 0 Å². The van der Waals surface area contributed by atoms with E-state index in [1.165, 1.54) is 4.88 Å². The van der Waals surface area contributed by atoms with Crippen molar-refractivity contribution in [2.75, 3.05) is 7.05 Å². The van der Waals surface area contributed by atoms with Gasteiger partial charge in [-0.2, -0.15) is 0 Å². The molecule has 2 rings (SSSR count). The zero-order valence-corrected chi connectivity index (χ0v) is 12.8. The highest BCUT2D eigenvalue weighted by Gasteiger charge is 2.37. The molecule has 0 spiro atoms. The lowest BCUT2D eigenvalue weighted by Crippen LogP contribution is -2.39. The van der Waals surface area contributed by atoms with Gasteiger partial charge in [-0.1, -0.05) is 0 Å². The van der Waals surface area contributed by atoms with Crippen molar-refractivity contribution in [3.63, 3.8) is 0 Å². The van der Waals surface area contributed by atoms with Gasteiger partial charge in [-0.25, -0.2) is 8.78 Å². The van der Waals surface area contributed by atoms with Gasteiger partial charge in [0.2, 0.25) is 5.92 Å². The first kappa shape index (κ1) is 14.4. The molecule has 1 aromatic rings. The number of likely N-dealkylation sites (N-methyl/N-ethyl adjacent to an activating group) is 1. The number of hydrogen-bond acceptors (Lipinski definition) is 2. The van der Waals surface area contributed by atoms with Crippen LogP contribution in [0.25, 0.3) is 0 Å². The molecule has 1 atom stereocenters. The molecule has 1 nitrogen and oxygen atoms in total. The third kappa shape index (κ3) is 3.75. The number of alkyl halides is 2. The lowest BCUT2D eigenvalue weighted by Gasteiger charge is -2.33. The summed E-state index contributed by atoms with van der Waals surface area (Å²) in [6.07, 6.45) is 2.28. The van der Waals surface area contributed by atoms with Crippen LogP contribution in [0.2, 0.25) is 0 Å². The normalized spacial score (nSPS) is 22.0. The minimum atomic E-state index is -2.43. The van der Waals surface area contributed by atoms with E-state index in [1.807, 2.05) is 13.1 Å². The molecule has 0 amide bonds. The summed E-state index contributed by atoms with van der Waals surface area (Å²) in [7, 11) is 1.93. The number of nitrogens with one attached hydrogen (secondary N) is 1. The van der Waals surface area contributed by atoms with E-state index in [9.17, 15) is 8.78 Å². The largest absolute Gasteiger partial charge is 0.316 e. The lowest BCUT2D eigenvalue weighted by atomic mass is 9.81. The first-order valence-electron chi connectivity index (χ1n) is 6.29. The molecule has 5 heteroatoms. The number of thiophene rings is 1. The quantitative estimate of drug-likeness (QED) is 0.854. The van der Waals surface area contributed by atoms with E-state index in [0.29, 0.717) is 24.8 Å². The van der Waals surface area contributed by atoms with Crippen LogP contribution in [-0.2, 0) is 6.42 Å². The smallest absolute Gasteiger partial charge is 0.248 e. The van der Waals surface area contributed by atoms with Gasteiger partial charge in [0, 0.05) is 23.8 Å². The van der Waals surface area contributed by atoms with Gasteiger partial charge < -0.3 is 5.32 Å². The highest BCUT2D eigenvalue weighted by atomic mass is 79.9. The van der Waals surface area contributed by atoms with E-state index in [1.54, 1.807) is 11.3 Å². The van der Waals surface area contributed by atoms with Crippen molar-refractivity contribution in [2.24, 2.45) is 5.92 Å². The molecule has 1 N–H and O–H groups in total. The van der Waals surface area contributed by atoms with Crippen molar-refractivity contribution >= 4 is 27.3 Å². The molecule has 0 bridgehead atoms. The maximum atomic E-state index is 13.2. The van der Waals surface area contributed by atoms with Crippen LogP contribution >= 0.6 is 27.3 Å². The third-order valence-electron chi connectivity index (χ3n) is 3.75. The molecule has 1 saturated carbocycles. The highest BCUT2D eigenvalue weighted by Crippen LogP contribution is 2.38. The summed E-state index contributed by atoms with van der Waals surface area (Å²) in [6.45, 7) is 0. The highest BCUT2D eigenvalue weighted by molar-refractivity contribution is 9.11. The zero-order valence-electron chi connectivity index (χ0n) is 10.4. The summed E-state index contributed by atoms with van der Waals surface area (Å²) in [5.74, 6) is -2.06. The minimum absolute atomic E-state index is 0.0456. The molecule has 1 fully saturated rings. The fraction of sp³-hybridized carbons (Fsp3) is 0.692. The fourth-order valence-electron chi connectivity index (χ4n) is 2.65. The molecule has 1 aromatic heterocycles. The maximum Gasteiger partial charge on any atom is 0.248 e. The van der Waals surface area contributed by atoms with Gasteiger partial charge in [0.15, 0.2) is 0 Å². The van der Waals surface area contributed by atoms with E-state index in [0.717, 1.165) is 10.2 Å². The van der Waals surface area contributed by atoms with Gasteiger partial charge in [0.1, 0.15) is 0 Å². The molecule has 1 unspecified atom stereocenters. The topological polar surface area (TPSA) is 12.0 Å². The summed E-state index contributed by atoms with van der Waals surface area (Å²) in [5, 5.41) is 3.30. The molecule has 0 saturated heterocycles. The Morgan fingerprint density at radius 2 is 2.11 bits per heavy atom. The molecule has 0 aromatic carbocycles. The molecular weight excluding hydrogens is 320 g/mol. The van der Waals surface area contributed by atoms with Crippen LogP contribution in [0, 0.1) is 5.92 Å². The zero-order chi connectivity index (χ0) is 13.2. The second-order valence-electron chi connectivity index (χ2n) is 5.00. The SMILES string of the molecule is CNC(Cc1ccc(Br)s1)C1CCC(F)(F)CC1. The molecule has 18 heavy (non-hydrogen) atoms. The molecule has 1 aliphatic rings. The molecule has 0 radical (unpaired) electrons. The minimum Gasteiger partial charge on any atom is -0.316 e. The van der Waals surface area contributed by atoms with Crippen molar-refractivity contribution in [2.45, 2.75) is 44.1 Å². The van der Waals surface area contributed by atoms with Gasteiger partial charge >= 0.3 is 0 Å². The first-order valence-corrected chi connectivity index (χ1v) is 7.90. The monoisotopic (exact) mass is 337 g/mol. The van der Waals surface area contributed by atoms with Crippen molar-refractivity contribution in [3.8, 4) is 0 Å². The van der Waals surface area contributed by atoms with Gasteiger partial charge in [0.05, 0.1) is 3.79 Å². The van der Waals surface area contributed by atoms with Gasteiger partial charge in [-0.15, -0.1) is 11.3 Å². The van der Waals surface area contributed by atoms with Crippen LogP contribution < -0.4 is 5.32 Å². The van der Waals surface area contributed by atoms with Crippen LogP contribution in [0.15, 0.2) is 15.9 Å². The van der Waals surface area contributed by atoms with Crippen molar-refractivity contribution in [1.82, 2.24) is 5.32 Å². The van der Waals surface area contributed by atoms with E-state index < -0.39 is 5.92 Å². The van der Waals surface area contributed by atoms with Crippen molar-refractivity contribution in [1.29, 1.82) is 0 Å². The van der Waals surface area contributed by atoms with Crippen LogP contribution in [0.3, 0.4) is 0 Å². The van der Waals surface area contributed by atoms with E-state index in [-0.39, 0.29) is 12.8 Å². The molecule has 0 aliphatic heterocycles. The average Bonchev–Trinajstić information content (AvgIpc) is 2.72. The Bertz CT molecular complexity index is 384. The Kier molecular flexibility index (Phi) is 4.78. The van der Waals surface area contributed by atoms with Gasteiger partial charge in [-0.3, -0.25) is 0 Å². The second-order valence-corrected chi connectivity index (χ2v) is 7.55. The lowest BCUT2D eigenvalue weighted by molar-refractivity contribution is -0.0492. The molecule has 102 valence electrons. The predicted molar refractivity (Wildman–Crippen MR) is 75.5 cm³/mol. The van der Waals surface area contributed by atoms with Gasteiger partial charge in [0.25, 0.3) is 0 Å². The Morgan fingerprint density at radius 3 is 2.61 bits per heavy atom. The molecule has 1 aliphatic carbocycles. The fourth-order valence-corrected chi connectivity index (χ4v) is 4.19. The van der Waals surface area contributed by atoms with Crippen LogP contribution in [0.1, 0.15) is 30.6 Å². The van der Waals surface area contributed by atoms with Crippen molar-refractivity contribution in [3.05, 3.63) is 20.8 Å². The summed E-state index contributed by atoms with van der Waals surface area (Å²) < 4.78 is 27.4. The number of hydrogen-bond donors (Lipinski definition) is 1. The Hall–Kier alpha value is -0.0000000000000000833. The van der Waals surface area contributed by atoms with Crippen molar-refractivity contribution < 1.29 is 8.78 Å². The summed E-state index contributed by atoms with van der Waals surface area (Å²) in [5.41, 5.74) is 0. The molecular formula is C13H18BrF2NS. The summed E-state index contributed by atoms with van der Waals surface area (Å²) in [6, 6.07) is 4.46. The van der Waals surface area contributed by atoms with Crippen LogP contribution in [-0.4, -0.2) is 19.0 Å². The Morgan fingerprint density at radius 1 is 1.44 bits per heavy atom. The van der Waals surface area contributed by atoms with Gasteiger partial charge in [-0.05, 0) is 60.3 Å². The first-order chi connectivity index (χ1) is 8.50. The maximum absolute atomic E-state index is 13.2. The Balaban J connectivity index is 1.93. The average molecular weight is 338 g/mol. The number of rotatable bonds is 4. The van der Waals surface area contributed by atoms with E-state index in [2.05, 4.69) is 27.3 Å².